The van der Waals surface area contributed by atoms with Gasteiger partial charge in [-0.2, -0.15) is 0 Å². The van der Waals surface area contributed by atoms with Gasteiger partial charge in [-0.25, -0.2) is 13.2 Å². The number of anilines is 1. The Labute approximate surface area is 171 Å². The van der Waals surface area contributed by atoms with E-state index in [-0.39, 0.29) is 16.5 Å². The summed E-state index contributed by atoms with van der Waals surface area (Å²) in [7, 11) is -3.89. The summed E-state index contributed by atoms with van der Waals surface area (Å²) in [5, 5.41) is 2.70. The third-order valence-electron chi connectivity index (χ3n) is 4.36. The summed E-state index contributed by atoms with van der Waals surface area (Å²) >= 11 is 0. The molecule has 2 aromatic carbocycles. The number of carbonyl (C=O) groups is 2. The molecule has 0 aliphatic heterocycles. The van der Waals surface area contributed by atoms with Crippen LogP contribution in [0, 0.1) is 13.8 Å². The van der Waals surface area contributed by atoms with Gasteiger partial charge in [-0.3, -0.25) is 9.52 Å². The van der Waals surface area contributed by atoms with Crippen molar-refractivity contribution in [1.82, 2.24) is 5.32 Å². The number of esters is 1. The van der Waals surface area contributed by atoms with Crippen molar-refractivity contribution in [3.63, 3.8) is 0 Å². The number of carbonyl (C=O) groups excluding carboxylic acids is 2. The van der Waals surface area contributed by atoms with Gasteiger partial charge in [-0.15, -0.1) is 0 Å². The van der Waals surface area contributed by atoms with Gasteiger partial charge >= 0.3 is 5.97 Å². The topological polar surface area (TPSA) is 102 Å². The number of sulfonamides is 1. The number of nitrogens with one attached hydrogen (secondary N) is 2. The number of rotatable bonds is 8. The number of aryl methyl sites for hydroxylation is 2. The fourth-order valence-corrected chi connectivity index (χ4v) is 3.61. The van der Waals surface area contributed by atoms with Crippen LogP contribution in [0.4, 0.5) is 5.69 Å². The van der Waals surface area contributed by atoms with Gasteiger partial charge < -0.3 is 10.1 Å². The van der Waals surface area contributed by atoms with Crippen molar-refractivity contribution in [2.45, 2.75) is 45.1 Å². The first-order chi connectivity index (χ1) is 13.6. The van der Waals surface area contributed by atoms with E-state index < -0.39 is 28.5 Å². The van der Waals surface area contributed by atoms with E-state index in [1.807, 2.05) is 26.8 Å². The number of ether oxygens (including phenoxy) is 1. The number of hydrogen-bond acceptors (Lipinski definition) is 5. The van der Waals surface area contributed by atoms with E-state index in [4.69, 9.17) is 4.74 Å². The Kier molecular flexibility index (Phi) is 7.39. The molecule has 1 atom stereocenters. The van der Waals surface area contributed by atoms with Crippen LogP contribution in [0.2, 0.25) is 0 Å². The summed E-state index contributed by atoms with van der Waals surface area (Å²) in [4.78, 5) is 24.1. The fraction of sp³-hybridized carbons (Fsp3) is 0.333. The molecule has 0 aliphatic rings. The molecule has 0 saturated heterocycles. The Morgan fingerprint density at radius 2 is 1.83 bits per heavy atom. The van der Waals surface area contributed by atoms with Crippen LogP contribution in [0.5, 0.6) is 0 Å². The summed E-state index contributed by atoms with van der Waals surface area (Å²) in [5.41, 5.74) is 1.98. The standard InChI is InChI=1S/C21H26N2O5S/c1-5-16(4)22-20(24)13-28-21(25)19-12-18(10-9-15(19)3)29(26,27)23-17-8-6-7-14(2)11-17/h6-12,16,23H,5,13H2,1-4H3,(H,22,24). The average molecular weight is 419 g/mol. The third-order valence-corrected chi connectivity index (χ3v) is 5.74. The zero-order valence-electron chi connectivity index (χ0n) is 17.0. The quantitative estimate of drug-likeness (QED) is 0.641. The van der Waals surface area contributed by atoms with Crippen molar-refractivity contribution in [1.29, 1.82) is 0 Å². The van der Waals surface area contributed by atoms with E-state index in [9.17, 15) is 18.0 Å². The molecule has 0 saturated carbocycles. The third kappa shape index (κ3) is 6.32. The van der Waals surface area contributed by atoms with Crippen LogP contribution in [0.3, 0.4) is 0 Å². The highest BCUT2D eigenvalue weighted by Gasteiger charge is 2.20. The highest BCUT2D eigenvalue weighted by molar-refractivity contribution is 7.92. The average Bonchev–Trinajstić information content (AvgIpc) is 2.65. The predicted molar refractivity (Wildman–Crippen MR) is 111 cm³/mol. The number of amides is 1. The first-order valence-electron chi connectivity index (χ1n) is 9.29. The van der Waals surface area contributed by atoms with Crippen LogP contribution in [0.15, 0.2) is 47.4 Å². The summed E-state index contributed by atoms with van der Waals surface area (Å²) in [5.74, 6) is -1.16. The second-order valence-electron chi connectivity index (χ2n) is 6.90. The lowest BCUT2D eigenvalue weighted by molar-refractivity contribution is -0.124. The molecule has 8 heteroatoms. The largest absolute Gasteiger partial charge is 0.452 e. The molecule has 0 radical (unpaired) electrons. The molecular weight excluding hydrogens is 392 g/mol. The Hall–Kier alpha value is -2.87. The summed E-state index contributed by atoms with van der Waals surface area (Å²) in [6.07, 6.45) is 0.757. The molecule has 2 rings (SSSR count). The zero-order valence-corrected chi connectivity index (χ0v) is 17.8. The molecule has 0 bridgehead atoms. The van der Waals surface area contributed by atoms with Gasteiger partial charge in [0.05, 0.1) is 10.5 Å². The summed E-state index contributed by atoms with van der Waals surface area (Å²) < 4.78 is 32.9. The lowest BCUT2D eigenvalue weighted by Gasteiger charge is -2.13. The summed E-state index contributed by atoms with van der Waals surface area (Å²) in [6.45, 7) is 6.87. The van der Waals surface area contributed by atoms with E-state index >= 15 is 0 Å². The van der Waals surface area contributed by atoms with Crippen LogP contribution < -0.4 is 10.0 Å². The summed E-state index contributed by atoms with van der Waals surface area (Å²) in [6, 6.07) is 11.1. The van der Waals surface area contributed by atoms with Gasteiger partial charge in [-0.1, -0.05) is 25.1 Å². The van der Waals surface area contributed by atoms with E-state index in [0.717, 1.165) is 12.0 Å². The van der Waals surface area contributed by atoms with E-state index in [0.29, 0.717) is 11.3 Å². The predicted octanol–water partition coefficient (Wildman–Crippen LogP) is 3.18. The van der Waals surface area contributed by atoms with Crippen molar-refractivity contribution >= 4 is 27.6 Å². The monoisotopic (exact) mass is 418 g/mol. The molecule has 0 aromatic heterocycles. The van der Waals surface area contributed by atoms with Crippen LogP contribution >= 0.6 is 0 Å². The maximum absolute atomic E-state index is 12.7. The highest BCUT2D eigenvalue weighted by atomic mass is 32.2. The Balaban J connectivity index is 2.16. The second kappa shape index (κ2) is 9.56. The van der Waals surface area contributed by atoms with Gasteiger partial charge in [0, 0.05) is 11.7 Å². The molecule has 1 amide bonds. The number of hydrogen-bond donors (Lipinski definition) is 2. The number of benzene rings is 2. The van der Waals surface area contributed by atoms with E-state index in [1.54, 1.807) is 25.1 Å². The maximum Gasteiger partial charge on any atom is 0.338 e. The molecule has 1 unspecified atom stereocenters. The van der Waals surface area contributed by atoms with Crippen LogP contribution in [-0.2, 0) is 19.6 Å². The molecule has 7 nitrogen and oxygen atoms in total. The van der Waals surface area contributed by atoms with Gasteiger partial charge in [0.2, 0.25) is 0 Å². The molecule has 0 fully saturated rings. The van der Waals surface area contributed by atoms with Crippen molar-refractivity contribution in [2.24, 2.45) is 0 Å². The highest BCUT2D eigenvalue weighted by Crippen LogP contribution is 2.20. The van der Waals surface area contributed by atoms with Gasteiger partial charge in [0.1, 0.15) is 0 Å². The van der Waals surface area contributed by atoms with Crippen LogP contribution in [-0.4, -0.2) is 32.9 Å². The molecule has 29 heavy (non-hydrogen) atoms. The van der Waals surface area contributed by atoms with Crippen molar-refractivity contribution < 1.29 is 22.7 Å². The first kappa shape index (κ1) is 22.4. The molecule has 0 spiro atoms. The minimum absolute atomic E-state index is 0.0240. The van der Waals surface area contributed by atoms with Crippen molar-refractivity contribution in [3.05, 3.63) is 59.2 Å². The smallest absolute Gasteiger partial charge is 0.338 e. The Morgan fingerprint density at radius 1 is 1.10 bits per heavy atom. The Morgan fingerprint density at radius 3 is 2.48 bits per heavy atom. The fourth-order valence-electron chi connectivity index (χ4n) is 2.54. The van der Waals surface area contributed by atoms with E-state index in [1.165, 1.54) is 18.2 Å². The van der Waals surface area contributed by atoms with Crippen molar-refractivity contribution in [3.8, 4) is 0 Å². The second-order valence-corrected chi connectivity index (χ2v) is 8.59. The zero-order chi connectivity index (χ0) is 21.6. The molecule has 156 valence electrons. The van der Waals surface area contributed by atoms with Gasteiger partial charge in [-0.05, 0) is 62.6 Å². The van der Waals surface area contributed by atoms with Crippen LogP contribution in [0.25, 0.3) is 0 Å². The van der Waals surface area contributed by atoms with Gasteiger partial charge in [0.15, 0.2) is 6.61 Å². The lowest BCUT2D eigenvalue weighted by atomic mass is 10.1. The van der Waals surface area contributed by atoms with E-state index in [2.05, 4.69) is 10.0 Å². The minimum atomic E-state index is -3.89. The first-order valence-corrected chi connectivity index (χ1v) is 10.8. The molecule has 2 aromatic rings. The maximum atomic E-state index is 12.7. The Bertz CT molecular complexity index is 1000. The van der Waals surface area contributed by atoms with Gasteiger partial charge in [0.25, 0.3) is 15.9 Å². The normalized spacial score (nSPS) is 12.1. The lowest BCUT2D eigenvalue weighted by Crippen LogP contribution is -2.35. The van der Waals surface area contributed by atoms with Crippen LogP contribution in [0.1, 0.15) is 41.8 Å². The molecule has 2 N–H and O–H groups in total. The van der Waals surface area contributed by atoms with Crippen molar-refractivity contribution in [2.75, 3.05) is 11.3 Å². The SMILES string of the molecule is CCC(C)NC(=O)COC(=O)c1cc(S(=O)(=O)Nc2cccc(C)c2)ccc1C. The molecule has 0 heterocycles. The minimum Gasteiger partial charge on any atom is -0.452 e. The molecular formula is C21H26N2O5S. The molecule has 0 aliphatic carbocycles.